The standard InChI is InChI=1S/C33H29N11O11S3/c34-7-2-1-3-15(30(51)52)36-28(49)25-22(43-9-5-19(46)40-32(43)54)17(13-57-25)38-29(50)26-23(44-10-6-20(47)41-33(44)55)16(12-58-26)37-27(48)24-21(14(35)11-56-24)42-8-4-18(45)39-31(42)53/h4-6,8-13,15H,1-3,7,34-35H2,(H,36,49)(H,37,48)(H,38,50)(H,51,52)(H,39,45,53)(H,40,46,54)(H,41,47,55)/t15-/m0/s1. The maximum Gasteiger partial charge on any atom is 0.333 e. The van der Waals surface area contributed by atoms with Gasteiger partial charge in [0, 0.05) is 52.9 Å². The first-order valence-electron chi connectivity index (χ1n) is 16.6. The van der Waals surface area contributed by atoms with Gasteiger partial charge in [0.2, 0.25) is 0 Å². The van der Waals surface area contributed by atoms with Crippen molar-refractivity contribution >= 4 is 74.8 Å². The first kappa shape index (κ1) is 40.4. The number of aromatic amines is 3. The molecule has 11 N–H and O–H groups in total. The average molecular weight is 852 g/mol. The number of rotatable bonds is 14. The van der Waals surface area contributed by atoms with Crippen LogP contribution in [0.25, 0.3) is 17.1 Å². The number of carboxylic acids is 1. The zero-order valence-corrected chi connectivity index (χ0v) is 31.8. The summed E-state index contributed by atoms with van der Waals surface area (Å²) in [7, 11) is 0. The van der Waals surface area contributed by atoms with Crippen molar-refractivity contribution in [2.75, 3.05) is 22.9 Å². The molecule has 3 amide bonds. The van der Waals surface area contributed by atoms with Gasteiger partial charge in [0.15, 0.2) is 0 Å². The lowest BCUT2D eigenvalue weighted by Crippen LogP contribution is -2.41. The number of nitrogens with one attached hydrogen (secondary N) is 6. The molecule has 0 unspecified atom stereocenters. The van der Waals surface area contributed by atoms with Gasteiger partial charge in [-0.3, -0.25) is 57.4 Å². The van der Waals surface area contributed by atoms with Crippen LogP contribution in [-0.4, -0.2) is 70.0 Å². The number of carboxylic acid groups (broad SMARTS) is 1. The van der Waals surface area contributed by atoms with Crippen molar-refractivity contribution in [1.29, 1.82) is 0 Å². The molecular weight excluding hydrogens is 823 g/mol. The minimum atomic E-state index is -1.34. The lowest BCUT2D eigenvalue weighted by atomic mass is 10.1. The summed E-state index contributed by atoms with van der Waals surface area (Å²) in [6.45, 7) is 0.301. The fraction of sp³-hybridized carbons (Fsp3) is 0.152. The number of unbranched alkanes of at least 4 members (excludes halogenated alkanes) is 1. The van der Waals surface area contributed by atoms with Crippen molar-refractivity contribution in [3.63, 3.8) is 0 Å². The van der Waals surface area contributed by atoms with E-state index in [2.05, 4.69) is 30.9 Å². The number of aromatic nitrogens is 6. The second kappa shape index (κ2) is 16.9. The van der Waals surface area contributed by atoms with E-state index < -0.39 is 63.5 Å². The number of carbonyl (C=O) groups excluding carboxylic acids is 3. The van der Waals surface area contributed by atoms with Crippen molar-refractivity contribution in [2.45, 2.75) is 25.3 Å². The lowest BCUT2D eigenvalue weighted by molar-refractivity contribution is -0.139. The van der Waals surface area contributed by atoms with Gasteiger partial charge in [-0.1, -0.05) is 0 Å². The van der Waals surface area contributed by atoms with Gasteiger partial charge in [0.05, 0.1) is 34.1 Å². The highest BCUT2D eigenvalue weighted by Crippen LogP contribution is 2.36. The largest absolute Gasteiger partial charge is 0.480 e. The molecule has 0 spiro atoms. The van der Waals surface area contributed by atoms with Crippen LogP contribution < -0.4 is 61.2 Å². The Morgan fingerprint density at radius 3 is 1.48 bits per heavy atom. The molecule has 0 bridgehead atoms. The van der Waals surface area contributed by atoms with Gasteiger partial charge < -0.3 is 32.5 Å². The van der Waals surface area contributed by atoms with Gasteiger partial charge >= 0.3 is 23.0 Å². The van der Waals surface area contributed by atoms with E-state index >= 15 is 0 Å². The van der Waals surface area contributed by atoms with E-state index in [4.69, 9.17) is 11.5 Å². The van der Waals surface area contributed by atoms with Crippen LogP contribution in [0.1, 0.15) is 48.3 Å². The van der Waals surface area contributed by atoms with E-state index in [1.54, 1.807) is 0 Å². The second-order valence-corrected chi connectivity index (χ2v) is 14.7. The van der Waals surface area contributed by atoms with Crippen LogP contribution in [0, 0.1) is 0 Å². The molecule has 0 aliphatic rings. The van der Waals surface area contributed by atoms with E-state index in [1.165, 1.54) is 16.1 Å². The van der Waals surface area contributed by atoms with E-state index in [-0.39, 0.29) is 55.2 Å². The maximum atomic E-state index is 14.2. The minimum Gasteiger partial charge on any atom is -0.480 e. The number of nitrogen functional groups attached to an aromatic ring is 1. The molecule has 6 aromatic heterocycles. The molecule has 300 valence electrons. The van der Waals surface area contributed by atoms with Crippen LogP contribution >= 0.6 is 34.0 Å². The first-order valence-corrected chi connectivity index (χ1v) is 19.3. The predicted molar refractivity (Wildman–Crippen MR) is 214 cm³/mol. The molecule has 0 aliphatic heterocycles. The molecular formula is C33H29N11O11S3. The quantitative estimate of drug-likeness (QED) is 0.0642. The number of nitrogens with two attached hydrogens (primary N) is 2. The zero-order valence-electron chi connectivity index (χ0n) is 29.4. The Kier molecular flexibility index (Phi) is 11.8. The Labute approximate surface area is 333 Å². The van der Waals surface area contributed by atoms with Crippen molar-refractivity contribution in [3.05, 3.63) is 130 Å². The third-order valence-electron chi connectivity index (χ3n) is 8.18. The average Bonchev–Trinajstić information content (AvgIpc) is 3.88. The Morgan fingerprint density at radius 1 is 0.638 bits per heavy atom. The summed E-state index contributed by atoms with van der Waals surface area (Å²) in [6, 6.07) is 1.67. The van der Waals surface area contributed by atoms with Gasteiger partial charge in [0.1, 0.15) is 20.7 Å². The Morgan fingerprint density at radius 2 is 1.05 bits per heavy atom. The number of thiophene rings is 3. The molecule has 58 heavy (non-hydrogen) atoms. The highest BCUT2D eigenvalue weighted by atomic mass is 32.1. The van der Waals surface area contributed by atoms with Gasteiger partial charge in [-0.2, -0.15) is 0 Å². The van der Waals surface area contributed by atoms with E-state index in [0.717, 1.165) is 84.5 Å². The van der Waals surface area contributed by atoms with Gasteiger partial charge in [-0.05, 0) is 25.8 Å². The number of amides is 3. The summed E-state index contributed by atoms with van der Waals surface area (Å²) in [5, 5.41) is 21.3. The van der Waals surface area contributed by atoms with Crippen LogP contribution in [0.5, 0.6) is 0 Å². The number of H-pyrrole nitrogens is 3. The molecule has 0 fully saturated rings. The van der Waals surface area contributed by atoms with Crippen molar-refractivity contribution < 1.29 is 24.3 Å². The number of hydrogen-bond acceptors (Lipinski definition) is 15. The molecule has 0 saturated carbocycles. The van der Waals surface area contributed by atoms with E-state index in [1.807, 2.05) is 0 Å². The molecule has 22 nitrogen and oxygen atoms in total. The van der Waals surface area contributed by atoms with Crippen LogP contribution in [0.15, 0.2) is 81.7 Å². The highest BCUT2D eigenvalue weighted by molar-refractivity contribution is 7.14. The van der Waals surface area contributed by atoms with E-state index in [0.29, 0.717) is 19.4 Å². The molecule has 0 saturated heterocycles. The van der Waals surface area contributed by atoms with Crippen molar-refractivity contribution in [2.24, 2.45) is 5.73 Å². The number of carbonyl (C=O) groups is 4. The minimum absolute atomic E-state index is 0.0121. The summed E-state index contributed by atoms with van der Waals surface area (Å²) < 4.78 is 2.68. The van der Waals surface area contributed by atoms with Crippen LogP contribution in [0.2, 0.25) is 0 Å². The van der Waals surface area contributed by atoms with E-state index in [9.17, 15) is 53.1 Å². The predicted octanol–water partition coefficient (Wildman–Crippen LogP) is -0.212. The monoisotopic (exact) mass is 851 g/mol. The summed E-state index contributed by atoms with van der Waals surface area (Å²) in [4.78, 5) is 133. The molecule has 6 aromatic rings. The smallest absolute Gasteiger partial charge is 0.333 e. The second-order valence-electron chi connectivity index (χ2n) is 12.0. The van der Waals surface area contributed by atoms with Crippen molar-refractivity contribution in [3.8, 4) is 17.1 Å². The highest BCUT2D eigenvalue weighted by Gasteiger charge is 2.29. The molecule has 6 heterocycles. The zero-order chi connectivity index (χ0) is 41.8. The number of nitrogens with zero attached hydrogens (tertiary/aromatic N) is 3. The molecule has 25 heteroatoms. The Bertz CT molecular complexity index is 2960. The summed E-state index contributed by atoms with van der Waals surface area (Å²) in [5.74, 6) is -4.05. The molecule has 0 aliphatic carbocycles. The first-order chi connectivity index (χ1) is 27.7. The number of anilines is 3. The summed E-state index contributed by atoms with van der Waals surface area (Å²) in [5.41, 5.74) is 5.66. The molecule has 6 rings (SSSR count). The van der Waals surface area contributed by atoms with Crippen LogP contribution in [-0.2, 0) is 4.79 Å². The normalized spacial score (nSPS) is 11.5. The maximum absolute atomic E-state index is 14.2. The number of hydrogen-bond donors (Lipinski definition) is 9. The topological polar surface area (TPSA) is 341 Å². The van der Waals surface area contributed by atoms with Gasteiger partial charge in [-0.25, -0.2) is 19.2 Å². The molecule has 1 atom stereocenters. The number of aliphatic carboxylic acids is 1. The van der Waals surface area contributed by atoms with Gasteiger partial charge in [0.25, 0.3) is 34.4 Å². The molecule has 0 aromatic carbocycles. The summed E-state index contributed by atoms with van der Waals surface area (Å²) >= 11 is 2.32. The third-order valence-corrected chi connectivity index (χ3v) is 11.1. The van der Waals surface area contributed by atoms with Gasteiger partial charge in [-0.15, -0.1) is 34.0 Å². The fourth-order valence-electron chi connectivity index (χ4n) is 5.57. The lowest BCUT2D eigenvalue weighted by Gasteiger charge is -2.16. The van der Waals surface area contributed by atoms with Crippen LogP contribution in [0.3, 0.4) is 0 Å². The Balaban J connectivity index is 1.41. The van der Waals surface area contributed by atoms with Crippen LogP contribution in [0.4, 0.5) is 17.1 Å². The fourth-order valence-corrected chi connectivity index (χ4v) is 8.19. The Hall–Kier alpha value is -7.22. The summed E-state index contributed by atoms with van der Waals surface area (Å²) in [6.07, 6.45) is 4.14. The SMILES string of the molecule is NCCCC[C@H](NC(=O)c1scc(NC(=O)c2scc(NC(=O)c3scc(N)c3-n3ccc(=O)[nH]c3=O)c2-n2ccc(=O)[nH]c2=O)c1-n1ccc(=O)[nH]c1=O)C(=O)O. The third kappa shape index (κ3) is 8.31. The van der Waals surface area contributed by atoms with Crippen molar-refractivity contribution in [1.82, 2.24) is 34.0 Å². The molecule has 0 radical (unpaired) electrons.